The number of hydrogen-bond acceptors (Lipinski definition) is 3. The van der Waals surface area contributed by atoms with Crippen LogP contribution in [0.1, 0.15) is 23.7 Å². The van der Waals surface area contributed by atoms with Gasteiger partial charge in [0.05, 0.1) is 17.1 Å². The average molecular weight is 301 g/mol. The lowest BCUT2D eigenvalue weighted by molar-refractivity contribution is 0.988. The third kappa shape index (κ3) is 3.29. The van der Waals surface area contributed by atoms with E-state index in [0.717, 1.165) is 33.4 Å². The van der Waals surface area contributed by atoms with Crippen molar-refractivity contribution in [1.82, 2.24) is 10.4 Å². The molecule has 3 nitrogen and oxygen atoms in total. The van der Waals surface area contributed by atoms with Crippen LogP contribution in [0.15, 0.2) is 72.5 Å². The Bertz CT molecular complexity index is 889. The van der Waals surface area contributed by atoms with Crippen LogP contribution in [0.5, 0.6) is 0 Å². The standard InChI is InChI=1S/C20H19N3/c1-14-7-6-9-18(13-14)15(2)22-23-16(3)20-19-10-5-4-8-17(19)11-12-21-20/h4-13,22H,2H2,1,3H3/b23-16+. The highest BCUT2D eigenvalue weighted by Crippen LogP contribution is 2.17. The maximum Gasteiger partial charge on any atom is 0.0937 e. The van der Waals surface area contributed by atoms with Crippen molar-refractivity contribution < 1.29 is 0 Å². The Balaban J connectivity index is 1.86. The molecule has 1 N–H and O–H groups in total. The highest BCUT2D eigenvalue weighted by Gasteiger charge is 2.05. The molecule has 0 unspecified atom stereocenters. The van der Waals surface area contributed by atoms with E-state index in [4.69, 9.17) is 0 Å². The molecule has 1 heterocycles. The number of rotatable bonds is 4. The predicted octanol–water partition coefficient (Wildman–Crippen LogP) is 4.53. The molecule has 114 valence electrons. The van der Waals surface area contributed by atoms with E-state index in [1.807, 2.05) is 43.5 Å². The molecule has 0 atom stereocenters. The molecule has 2 aromatic carbocycles. The Hall–Kier alpha value is -2.94. The molecule has 0 aliphatic rings. The average Bonchev–Trinajstić information content (AvgIpc) is 2.59. The maximum absolute atomic E-state index is 4.47. The van der Waals surface area contributed by atoms with Crippen molar-refractivity contribution in [2.75, 3.05) is 0 Å². The van der Waals surface area contributed by atoms with E-state index in [-0.39, 0.29) is 0 Å². The highest BCUT2D eigenvalue weighted by atomic mass is 15.3. The van der Waals surface area contributed by atoms with Gasteiger partial charge < -0.3 is 0 Å². The lowest BCUT2D eigenvalue weighted by Crippen LogP contribution is -2.09. The summed E-state index contributed by atoms with van der Waals surface area (Å²) in [6, 6.07) is 18.4. The fourth-order valence-corrected chi connectivity index (χ4v) is 2.51. The third-order valence-corrected chi connectivity index (χ3v) is 3.74. The van der Waals surface area contributed by atoms with Crippen LogP contribution in [-0.2, 0) is 0 Å². The van der Waals surface area contributed by atoms with Gasteiger partial charge in [-0.25, -0.2) is 0 Å². The van der Waals surface area contributed by atoms with E-state index in [1.54, 1.807) is 0 Å². The van der Waals surface area contributed by atoms with Gasteiger partial charge in [0.1, 0.15) is 0 Å². The van der Waals surface area contributed by atoms with Gasteiger partial charge in [-0.15, -0.1) is 0 Å². The predicted molar refractivity (Wildman–Crippen MR) is 97.3 cm³/mol. The fourth-order valence-electron chi connectivity index (χ4n) is 2.51. The number of hydrazone groups is 1. The van der Waals surface area contributed by atoms with Gasteiger partial charge in [-0.05, 0) is 36.9 Å². The van der Waals surface area contributed by atoms with Crippen LogP contribution >= 0.6 is 0 Å². The first-order valence-electron chi connectivity index (χ1n) is 7.55. The van der Waals surface area contributed by atoms with Crippen molar-refractivity contribution in [2.45, 2.75) is 13.8 Å². The molecule has 0 aliphatic carbocycles. The summed E-state index contributed by atoms with van der Waals surface area (Å²) >= 11 is 0. The van der Waals surface area contributed by atoms with Gasteiger partial charge in [-0.1, -0.05) is 54.6 Å². The second-order valence-corrected chi connectivity index (χ2v) is 5.54. The van der Waals surface area contributed by atoms with E-state index < -0.39 is 0 Å². The zero-order valence-corrected chi connectivity index (χ0v) is 13.4. The summed E-state index contributed by atoms with van der Waals surface area (Å²) in [5.74, 6) is 0. The molecule has 3 aromatic rings. The molecule has 0 saturated carbocycles. The lowest BCUT2D eigenvalue weighted by Gasteiger charge is -2.08. The van der Waals surface area contributed by atoms with Gasteiger partial charge in [0.25, 0.3) is 0 Å². The van der Waals surface area contributed by atoms with Crippen LogP contribution in [0.2, 0.25) is 0 Å². The quantitative estimate of drug-likeness (QED) is 0.568. The van der Waals surface area contributed by atoms with E-state index in [0.29, 0.717) is 0 Å². The highest BCUT2D eigenvalue weighted by molar-refractivity contribution is 6.07. The number of aromatic nitrogens is 1. The van der Waals surface area contributed by atoms with Crippen LogP contribution in [0.25, 0.3) is 16.5 Å². The maximum atomic E-state index is 4.47. The monoisotopic (exact) mass is 301 g/mol. The molecule has 0 aliphatic heterocycles. The Labute approximate surface area is 136 Å². The number of aryl methyl sites for hydroxylation is 1. The van der Waals surface area contributed by atoms with Crippen molar-refractivity contribution in [3.63, 3.8) is 0 Å². The molecule has 0 saturated heterocycles. The Morgan fingerprint density at radius 3 is 2.74 bits per heavy atom. The second-order valence-electron chi connectivity index (χ2n) is 5.54. The molecule has 3 heteroatoms. The Morgan fingerprint density at radius 1 is 1.09 bits per heavy atom. The smallest absolute Gasteiger partial charge is 0.0937 e. The number of nitrogens with one attached hydrogen (secondary N) is 1. The van der Waals surface area contributed by atoms with E-state index in [9.17, 15) is 0 Å². The summed E-state index contributed by atoms with van der Waals surface area (Å²) in [6.07, 6.45) is 1.81. The summed E-state index contributed by atoms with van der Waals surface area (Å²) in [5, 5.41) is 6.71. The fraction of sp³-hybridized carbons (Fsp3) is 0.100. The molecule has 0 spiro atoms. The van der Waals surface area contributed by atoms with Gasteiger partial charge in [-0.2, -0.15) is 5.10 Å². The first kappa shape index (κ1) is 15.0. The van der Waals surface area contributed by atoms with Crippen LogP contribution in [0, 0.1) is 6.92 Å². The first-order valence-corrected chi connectivity index (χ1v) is 7.55. The van der Waals surface area contributed by atoms with Gasteiger partial charge in [0.15, 0.2) is 0 Å². The lowest BCUT2D eigenvalue weighted by atomic mass is 10.1. The van der Waals surface area contributed by atoms with E-state index in [2.05, 4.69) is 53.3 Å². The zero-order valence-electron chi connectivity index (χ0n) is 13.4. The van der Waals surface area contributed by atoms with Gasteiger partial charge in [0.2, 0.25) is 0 Å². The number of fused-ring (bicyclic) bond motifs is 1. The van der Waals surface area contributed by atoms with Crippen molar-refractivity contribution >= 4 is 22.2 Å². The molecule has 23 heavy (non-hydrogen) atoms. The molecular formula is C20H19N3. The van der Waals surface area contributed by atoms with E-state index in [1.165, 1.54) is 5.56 Å². The third-order valence-electron chi connectivity index (χ3n) is 3.74. The largest absolute Gasteiger partial charge is 0.278 e. The molecule has 0 radical (unpaired) electrons. The number of benzene rings is 2. The topological polar surface area (TPSA) is 37.3 Å². The molecule has 0 fully saturated rings. The minimum Gasteiger partial charge on any atom is -0.278 e. The number of pyridine rings is 1. The molecule has 0 amide bonds. The zero-order chi connectivity index (χ0) is 16.2. The summed E-state index contributed by atoms with van der Waals surface area (Å²) in [6.45, 7) is 8.07. The van der Waals surface area contributed by atoms with Crippen LogP contribution in [0.3, 0.4) is 0 Å². The van der Waals surface area contributed by atoms with Crippen molar-refractivity contribution in [3.8, 4) is 0 Å². The summed E-state index contributed by atoms with van der Waals surface area (Å²) in [5.41, 5.74) is 7.76. The summed E-state index contributed by atoms with van der Waals surface area (Å²) < 4.78 is 0. The van der Waals surface area contributed by atoms with Crippen molar-refractivity contribution in [3.05, 3.63) is 84.2 Å². The van der Waals surface area contributed by atoms with Crippen molar-refractivity contribution in [1.29, 1.82) is 0 Å². The summed E-state index contributed by atoms with van der Waals surface area (Å²) in [4.78, 5) is 4.47. The molecule has 1 aromatic heterocycles. The van der Waals surface area contributed by atoms with Crippen molar-refractivity contribution in [2.24, 2.45) is 5.10 Å². The van der Waals surface area contributed by atoms with Gasteiger partial charge >= 0.3 is 0 Å². The second kappa shape index (κ2) is 6.44. The first-order chi connectivity index (χ1) is 11.1. The normalized spacial score (nSPS) is 11.5. The van der Waals surface area contributed by atoms with E-state index >= 15 is 0 Å². The minimum absolute atomic E-state index is 0.772. The van der Waals surface area contributed by atoms with Crippen LogP contribution in [0.4, 0.5) is 0 Å². The number of hydrogen-bond donors (Lipinski definition) is 1. The van der Waals surface area contributed by atoms with Gasteiger partial charge in [-0.3, -0.25) is 10.4 Å². The number of nitrogens with zero attached hydrogens (tertiary/aromatic N) is 2. The van der Waals surface area contributed by atoms with Gasteiger partial charge in [0, 0.05) is 11.6 Å². The molecule has 0 bridgehead atoms. The Morgan fingerprint density at radius 2 is 1.91 bits per heavy atom. The minimum atomic E-state index is 0.772. The van der Waals surface area contributed by atoms with Crippen LogP contribution < -0.4 is 5.43 Å². The summed E-state index contributed by atoms with van der Waals surface area (Å²) in [7, 11) is 0. The molecule has 3 rings (SSSR count). The Kier molecular flexibility index (Phi) is 4.20. The SMILES string of the molecule is C=C(N/N=C(\C)c1nccc2ccccc12)c1cccc(C)c1. The molecular weight excluding hydrogens is 282 g/mol. The van der Waals surface area contributed by atoms with Crippen LogP contribution in [-0.4, -0.2) is 10.7 Å².